The lowest BCUT2D eigenvalue weighted by atomic mass is 9.98. The van der Waals surface area contributed by atoms with Crippen LogP contribution in [0.1, 0.15) is 46.5 Å². The van der Waals surface area contributed by atoms with E-state index in [1.165, 1.54) is 0 Å². The van der Waals surface area contributed by atoms with E-state index in [2.05, 4.69) is 17.2 Å². The molecule has 0 aliphatic rings. The second-order valence-corrected chi connectivity index (χ2v) is 5.58. The summed E-state index contributed by atoms with van der Waals surface area (Å²) in [6, 6.07) is 0. The number of aliphatic carboxylic acids is 2. The van der Waals surface area contributed by atoms with E-state index in [1.807, 2.05) is 0 Å². The molecule has 0 bridgehead atoms. The Morgan fingerprint density at radius 2 is 1.65 bits per heavy atom. The first kappa shape index (κ1) is 23.1. The van der Waals surface area contributed by atoms with Crippen LogP contribution in [-0.4, -0.2) is 40.4 Å². The maximum Gasteiger partial charge on any atom is 0.305 e. The third-order valence-corrected chi connectivity index (χ3v) is 3.33. The summed E-state index contributed by atoms with van der Waals surface area (Å²) in [4.78, 5) is 45.2. The molecule has 0 aromatic rings. The molecule has 1 atom stereocenters. The van der Waals surface area contributed by atoms with Crippen LogP contribution in [0.4, 0.5) is 0 Å². The number of carbonyl (C=O) groups is 4. The van der Waals surface area contributed by atoms with Gasteiger partial charge >= 0.3 is 11.9 Å². The van der Waals surface area contributed by atoms with Crippen LogP contribution in [-0.2, 0) is 19.2 Å². The van der Waals surface area contributed by atoms with Gasteiger partial charge in [-0.05, 0) is 24.8 Å². The number of hydrogen-bond acceptors (Lipinski definition) is 4. The number of amides is 1. The highest BCUT2D eigenvalue weighted by Gasteiger charge is 2.13. The van der Waals surface area contributed by atoms with Crippen LogP contribution in [0.25, 0.3) is 0 Å². The number of rotatable bonds is 11. The van der Waals surface area contributed by atoms with Crippen molar-refractivity contribution < 1.29 is 29.4 Å². The second-order valence-electron chi connectivity index (χ2n) is 5.58. The highest BCUT2D eigenvalue weighted by molar-refractivity contribution is 5.98. The number of carboxylic acid groups (broad SMARTS) is 2. The number of ketones is 1. The van der Waals surface area contributed by atoms with E-state index in [1.54, 1.807) is 32.9 Å². The predicted molar refractivity (Wildman–Crippen MR) is 96.2 cm³/mol. The van der Waals surface area contributed by atoms with Crippen LogP contribution in [0.15, 0.2) is 23.3 Å². The summed E-state index contributed by atoms with van der Waals surface area (Å²) < 4.78 is 0. The van der Waals surface area contributed by atoms with Crippen LogP contribution in [0.3, 0.4) is 0 Å². The van der Waals surface area contributed by atoms with Gasteiger partial charge in [0.25, 0.3) is 5.91 Å². The van der Waals surface area contributed by atoms with Crippen molar-refractivity contribution in [1.82, 2.24) is 5.32 Å². The molecule has 1 amide bonds. The van der Waals surface area contributed by atoms with Crippen LogP contribution in [0, 0.1) is 17.8 Å². The van der Waals surface area contributed by atoms with Gasteiger partial charge in [0.1, 0.15) is 0 Å². The van der Waals surface area contributed by atoms with E-state index in [-0.39, 0.29) is 43.1 Å². The van der Waals surface area contributed by atoms with Crippen molar-refractivity contribution in [3.05, 3.63) is 23.3 Å². The fourth-order valence-corrected chi connectivity index (χ4v) is 2.10. The van der Waals surface area contributed by atoms with Gasteiger partial charge in [-0.1, -0.05) is 31.9 Å². The number of Topliss-reactive ketones (excluding diaryl/α,β-unsaturated/α-hetero) is 1. The minimum atomic E-state index is -1.03. The second kappa shape index (κ2) is 12.5. The quantitative estimate of drug-likeness (QED) is 0.381. The van der Waals surface area contributed by atoms with Gasteiger partial charge in [-0.2, -0.15) is 0 Å². The average molecular weight is 363 g/mol. The number of carbonyl (C=O) groups excluding carboxylic acids is 2. The minimum absolute atomic E-state index is 0.00495. The first-order chi connectivity index (χ1) is 12.2. The van der Waals surface area contributed by atoms with Gasteiger partial charge < -0.3 is 15.5 Å². The van der Waals surface area contributed by atoms with Crippen molar-refractivity contribution in [3.63, 3.8) is 0 Å². The summed E-state index contributed by atoms with van der Waals surface area (Å²) in [5, 5.41) is 19.7. The zero-order valence-corrected chi connectivity index (χ0v) is 15.3. The van der Waals surface area contributed by atoms with Crippen molar-refractivity contribution in [2.75, 3.05) is 6.54 Å². The van der Waals surface area contributed by atoms with Gasteiger partial charge in [-0.25, -0.2) is 0 Å². The summed E-state index contributed by atoms with van der Waals surface area (Å²) >= 11 is 0. The topological polar surface area (TPSA) is 121 Å². The lowest BCUT2D eigenvalue weighted by Gasteiger charge is -2.08. The van der Waals surface area contributed by atoms with Gasteiger partial charge in [-0.3, -0.25) is 19.2 Å². The molecular weight excluding hydrogens is 338 g/mol. The van der Waals surface area contributed by atoms with Crippen molar-refractivity contribution in [3.8, 4) is 11.8 Å². The molecule has 0 radical (unpaired) electrons. The first-order valence-corrected chi connectivity index (χ1v) is 8.31. The highest BCUT2D eigenvalue weighted by Crippen LogP contribution is 2.14. The molecule has 1 unspecified atom stereocenters. The minimum Gasteiger partial charge on any atom is -0.481 e. The number of allylic oxidation sites excluding steroid dienone is 3. The number of hydrogen-bond donors (Lipinski definition) is 3. The average Bonchev–Trinajstić information content (AvgIpc) is 2.56. The van der Waals surface area contributed by atoms with E-state index in [0.29, 0.717) is 12.0 Å². The van der Waals surface area contributed by atoms with E-state index in [0.717, 1.165) is 0 Å². The Kier molecular flexibility index (Phi) is 11.1. The molecule has 3 N–H and O–H groups in total. The van der Waals surface area contributed by atoms with Crippen LogP contribution in [0.2, 0.25) is 0 Å². The molecule has 7 nitrogen and oxygen atoms in total. The van der Waals surface area contributed by atoms with E-state index in [4.69, 9.17) is 10.2 Å². The fourth-order valence-electron chi connectivity index (χ4n) is 2.10. The maximum atomic E-state index is 12.1. The normalized spacial score (nSPS) is 12.6. The molecule has 0 fully saturated rings. The molecule has 0 saturated heterocycles. The first-order valence-electron chi connectivity index (χ1n) is 8.31. The van der Waals surface area contributed by atoms with Gasteiger partial charge in [0, 0.05) is 13.0 Å². The van der Waals surface area contributed by atoms with Crippen molar-refractivity contribution >= 4 is 23.6 Å². The maximum absolute atomic E-state index is 12.1. The Balaban J connectivity index is 5.16. The fraction of sp³-hybridized carbons (Fsp3) is 0.474. The summed E-state index contributed by atoms with van der Waals surface area (Å²) in [6.45, 7) is 5.15. The standard InChI is InChI=1S/C19H25NO6/c1-4-6-15(19(26)20-10-9-18(24)25)12-13(3)11-14(5-2)16(21)7-8-17(22)23/h11-13H,5,7-10H2,1-3H3,(H,20,26)(H,22,23)(H,24,25)/b14-11+,15-12+. The monoisotopic (exact) mass is 363 g/mol. The smallest absolute Gasteiger partial charge is 0.305 e. The highest BCUT2D eigenvalue weighted by atomic mass is 16.4. The Bertz CT molecular complexity index is 663. The van der Waals surface area contributed by atoms with Crippen molar-refractivity contribution in [2.24, 2.45) is 5.92 Å². The third-order valence-electron chi connectivity index (χ3n) is 3.33. The molecular formula is C19H25NO6. The Morgan fingerprint density at radius 1 is 1.04 bits per heavy atom. The molecule has 142 valence electrons. The molecule has 0 spiro atoms. The Morgan fingerprint density at radius 3 is 2.15 bits per heavy atom. The zero-order chi connectivity index (χ0) is 20.1. The van der Waals surface area contributed by atoms with Gasteiger partial charge in [0.05, 0.1) is 18.4 Å². The van der Waals surface area contributed by atoms with Crippen LogP contribution in [0.5, 0.6) is 0 Å². The predicted octanol–water partition coefficient (Wildman–Crippen LogP) is 1.93. The molecule has 0 aromatic heterocycles. The number of nitrogens with one attached hydrogen (secondary N) is 1. The molecule has 0 aliphatic heterocycles. The van der Waals surface area contributed by atoms with E-state index >= 15 is 0 Å². The molecule has 0 saturated carbocycles. The third kappa shape index (κ3) is 10.1. The molecule has 26 heavy (non-hydrogen) atoms. The Labute approximate surface area is 153 Å². The van der Waals surface area contributed by atoms with Crippen LogP contribution >= 0.6 is 0 Å². The number of carboxylic acids is 2. The van der Waals surface area contributed by atoms with Crippen LogP contribution < -0.4 is 5.32 Å². The van der Waals surface area contributed by atoms with E-state index < -0.39 is 17.8 Å². The summed E-state index contributed by atoms with van der Waals surface area (Å²) in [7, 11) is 0. The SMILES string of the molecule is CC#C/C(=C\C(C)/C=C(\CC)C(=O)CCC(=O)O)C(=O)NCCC(=O)O. The Hall–Kier alpha value is -2.88. The van der Waals surface area contributed by atoms with Gasteiger partial charge in [0.2, 0.25) is 0 Å². The molecule has 7 heteroatoms. The van der Waals surface area contributed by atoms with Gasteiger partial charge in [-0.15, -0.1) is 5.92 Å². The molecule has 0 aromatic carbocycles. The zero-order valence-electron chi connectivity index (χ0n) is 15.3. The summed E-state index contributed by atoms with van der Waals surface area (Å²) in [5.41, 5.74) is 0.695. The lowest BCUT2D eigenvalue weighted by molar-refractivity contribution is -0.138. The van der Waals surface area contributed by atoms with Gasteiger partial charge in [0.15, 0.2) is 5.78 Å². The summed E-state index contributed by atoms with van der Waals surface area (Å²) in [5.74, 6) is 2.27. The molecule has 0 aliphatic carbocycles. The van der Waals surface area contributed by atoms with Crippen molar-refractivity contribution in [1.29, 1.82) is 0 Å². The summed E-state index contributed by atoms with van der Waals surface area (Å²) in [6.07, 6.45) is 3.25. The molecule has 0 heterocycles. The van der Waals surface area contributed by atoms with E-state index in [9.17, 15) is 19.2 Å². The molecule has 0 rings (SSSR count). The lowest BCUT2D eigenvalue weighted by Crippen LogP contribution is -2.27. The van der Waals surface area contributed by atoms with Crippen molar-refractivity contribution in [2.45, 2.75) is 46.5 Å². The largest absolute Gasteiger partial charge is 0.481 e.